The lowest BCUT2D eigenvalue weighted by atomic mass is 10.0. The number of rotatable bonds is 6. The summed E-state index contributed by atoms with van der Waals surface area (Å²) in [5.74, 6) is 0.416. The molecule has 2 amide bonds. The summed E-state index contributed by atoms with van der Waals surface area (Å²) in [6.45, 7) is 6.94. The van der Waals surface area contributed by atoms with Crippen molar-refractivity contribution in [1.29, 1.82) is 0 Å². The molecule has 1 N–H and O–H groups in total. The van der Waals surface area contributed by atoms with Crippen LogP contribution in [-0.2, 0) is 9.59 Å². The van der Waals surface area contributed by atoms with Crippen LogP contribution in [0.5, 0.6) is 0 Å². The van der Waals surface area contributed by atoms with Gasteiger partial charge in [-0.15, -0.1) is 0 Å². The van der Waals surface area contributed by atoms with E-state index in [-0.39, 0.29) is 11.9 Å². The first-order valence-electron chi connectivity index (χ1n) is 9.47. The summed E-state index contributed by atoms with van der Waals surface area (Å²) >= 11 is 0. The molecular formula is C22H27N3O2. The Kier molecular flexibility index (Phi) is 6.24. The molecular weight excluding hydrogens is 338 g/mol. The maximum atomic E-state index is 13.1. The summed E-state index contributed by atoms with van der Waals surface area (Å²) in [7, 11) is 0. The van der Waals surface area contributed by atoms with E-state index in [0.717, 1.165) is 17.7 Å². The zero-order valence-electron chi connectivity index (χ0n) is 16.0. The molecule has 5 nitrogen and oxygen atoms in total. The SMILES string of the molecule is CC(C)c1ccc(NC(=O)[C@H](c2ccccc2)N2CCN(C=O)CC2)cc1. The molecule has 0 radical (unpaired) electrons. The Bertz CT molecular complexity index is 751. The summed E-state index contributed by atoms with van der Waals surface area (Å²) in [6, 6.07) is 17.5. The average molecular weight is 365 g/mol. The van der Waals surface area contributed by atoms with Gasteiger partial charge in [-0.1, -0.05) is 56.3 Å². The molecule has 1 fully saturated rings. The zero-order chi connectivity index (χ0) is 19.2. The molecule has 3 rings (SSSR count). The number of nitrogens with one attached hydrogen (secondary N) is 1. The minimum Gasteiger partial charge on any atom is -0.343 e. The van der Waals surface area contributed by atoms with Crippen LogP contribution in [0.15, 0.2) is 54.6 Å². The van der Waals surface area contributed by atoms with E-state index in [2.05, 4.69) is 36.2 Å². The zero-order valence-corrected chi connectivity index (χ0v) is 16.0. The summed E-state index contributed by atoms with van der Waals surface area (Å²) in [6.07, 6.45) is 0.880. The number of benzene rings is 2. The fourth-order valence-electron chi connectivity index (χ4n) is 3.43. The second kappa shape index (κ2) is 8.82. The van der Waals surface area contributed by atoms with E-state index in [0.29, 0.717) is 32.1 Å². The Hall–Kier alpha value is -2.66. The van der Waals surface area contributed by atoms with Crippen LogP contribution in [-0.4, -0.2) is 48.3 Å². The number of hydrogen-bond donors (Lipinski definition) is 1. The second-order valence-electron chi connectivity index (χ2n) is 7.26. The molecule has 5 heteroatoms. The van der Waals surface area contributed by atoms with Crippen molar-refractivity contribution < 1.29 is 9.59 Å². The number of amides is 2. The van der Waals surface area contributed by atoms with Crippen LogP contribution in [0.2, 0.25) is 0 Å². The second-order valence-corrected chi connectivity index (χ2v) is 7.26. The van der Waals surface area contributed by atoms with Crippen molar-refractivity contribution in [3.05, 3.63) is 65.7 Å². The first-order chi connectivity index (χ1) is 13.1. The fraction of sp³-hybridized carbons (Fsp3) is 0.364. The van der Waals surface area contributed by atoms with Gasteiger partial charge in [-0.3, -0.25) is 14.5 Å². The number of hydrogen-bond acceptors (Lipinski definition) is 3. The van der Waals surface area contributed by atoms with Gasteiger partial charge in [0.1, 0.15) is 6.04 Å². The Balaban J connectivity index is 1.78. The molecule has 2 aromatic carbocycles. The van der Waals surface area contributed by atoms with E-state index in [4.69, 9.17) is 0 Å². The van der Waals surface area contributed by atoms with Crippen molar-refractivity contribution >= 4 is 18.0 Å². The lowest BCUT2D eigenvalue weighted by molar-refractivity contribution is -0.124. The summed E-state index contributed by atoms with van der Waals surface area (Å²) < 4.78 is 0. The molecule has 142 valence electrons. The van der Waals surface area contributed by atoms with Gasteiger partial charge in [0, 0.05) is 31.9 Å². The van der Waals surface area contributed by atoms with Gasteiger partial charge in [-0.2, -0.15) is 0 Å². The lowest BCUT2D eigenvalue weighted by Gasteiger charge is -2.37. The first-order valence-corrected chi connectivity index (χ1v) is 9.47. The molecule has 1 atom stereocenters. The van der Waals surface area contributed by atoms with Crippen molar-refractivity contribution in [2.24, 2.45) is 0 Å². The van der Waals surface area contributed by atoms with E-state index >= 15 is 0 Å². The van der Waals surface area contributed by atoms with Crippen molar-refractivity contribution in [1.82, 2.24) is 9.80 Å². The number of carbonyl (C=O) groups is 2. The summed E-state index contributed by atoms with van der Waals surface area (Å²) in [5.41, 5.74) is 3.02. The van der Waals surface area contributed by atoms with E-state index in [1.165, 1.54) is 5.56 Å². The Morgan fingerprint density at radius 2 is 1.56 bits per heavy atom. The van der Waals surface area contributed by atoms with Gasteiger partial charge >= 0.3 is 0 Å². The Morgan fingerprint density at radius 3 is 2.11 bits per heavy atom. The van der Waals surface area contributed by atoms with Crippen LogP contribution < -0.4 is 5.32 Å². The van der Waals surface area contributed by atoms with Gasteiger partial charge in [0.2, 0.25) is 12.3 Å². The van der Waals surface area contributed by atoms with Crippen LogP contribution in [0.25, 0.3) is 0 Å². The van der Waals surface area contributed by atoms with Crippen LogP contribution in [0.4, 0.5) is 5.69 Å². The molecule has 0 unspecified atom stereocenters. The third-order valence-corrected chi connectivity index (χ3v) is 5.07. The van der Waals surface area contributed by atoms with Crippen LogP contribution in [0.3, 0.4) is 0 Å². The van der Waals surface area contributed by atoms with Crippen molar-refractivity contribution in [3.8, 4) is 0 Å². The highest BCUT2D eigenvalue weighted by Gasteiger charge is 2.30. The van der Waals surface area contributed by atoms with E-state index < -0.39 is 0 Å². The molecule has 27 heavy (non-hydrogen) atoms. The van der Waals surface area contributed by atoms with E-state index in [1.54, 1.807) is 4.90 Å². The largest absolute Gasteiger partial charge is 0.343 e. The average Bonchev–Trinajstić information content (AvgIpc) is 2.70. The molecule has 1 aliphatic rings. The highest BCUT2D eigenvalue weighted by molar-refractivity contribution is 5.95. The molecule has 1 heterocycles. The highest BCUT2D eigenvalue weighted by Crippen LogP contribution is 2.25. The Labute approximate surface area is 161 Å². The van der Waals surface area contributed by atoms with Crippen molar-refractivity contribution in [3.63, 3.8) is 0 Å². The van der Waals surface area contributed by atoms with Gasteiger partial charge in [-0.05, 0) is 29.2 Å². The van der Waals surface area contributed by atoms with E-state index in [9.17, 15) is 9.59 Å². The predicted octanol–water partition coefficient (Wildman–Crippen LogP) is 3.26. The van der Waals surface area contributed by atoms with Crippen LogP contribution >= 0.6 is 0 Å². The highest BCUT2D eigenvalue weighted by atomic mass is 16.2. The molecule has 0 saturated carbocycles. The van der Waals surface area contributed by atoms with Gasteiger partial charge in [0.05, 0.1) is 0 Å². The summed E-state index contributed by atoms with van der Waals surface area (Å²) in [4.78, 5) is 28.0. The monoisotopic (exact) mass is 365 g/mol. The first kappa shape index (κ1) is 19.1. The smallest absolute Gasteiger partial charge is 0.246 e. The lowest BCUT2D eigenvalue weighted by Crippen LogP contribution is -2.49. The van der Waals surface area contributed by atoms with E-state index in [1.807, 2.05) is 42.5 Å². The van der Waals surface area contributed by atoms with Gasteiger partial charge < -0.3 is 10.2 Å². The van der Waals surface area contributed by atoms with Gasteiger partial charge in [-0.25, -0.2) is 0 Å². The fourth-order valence-corrected chi connectivity index (χ4v) is 3.43. The van der Waals surface area contributed by atoms with Crippen LogP contribution in [0, 0.1) is 0 Å². The van der Waals surface area contributed by atoms with Crippen LogP contribution in [0.1, 0.15) is 36.9 Å². The maximum absolute atomic E-state index is 13.1. The molecule has 0 aliphatic carbocycles. The molecule has 0 aromatic heterocycles. The maximum Gasteiger partial charge on any atom is 0.246 e. The van der Waals surface area contributed by atoms with Gasteiger partial charge in [0.15, 0.2) is 0 Å². The number of carbonyl (C=O) groups excluding carboxylic acids is 2. The number of nitrogens with zero attached hydrogens (tertiary/aromatic N) is 2. The van der Waals surface area contributed by atoms with Gasteiger partial charge in [0.25, 0.3) is 0 Å². The van der Waals surface area contributed by atoms with Crippen molar-refractivity contribution in [2.75, 3.05) is 31.5 Å². The molecule has 1 aliphatic heterocycles. The topological polar surface area (TPSA) is 52.7 Å². The molecule has 0 bridgehead atoms. The third-order valence-electron chi connectivity index (χ3n) is 5.07. The molecule has 2 aromatic rings. The number of anilines is 1. The van der Waals surface area contributed by atoms with Crippen molar-refractivity contribution in [2.45, 2.75) is 25.8 Å². The Morgan fingerprint density at radius 1 is 0.926 bits per heavy atom. The quantitative estimate of drug-likeness (QED) is 0.800. The normalized spacial score (nSPS) is 16.2. The minimum atomic E-state index is -0.371. The third kappa shape index (κ3) is 4.74. The molecule has 1 saturated heterocycles. The predicted molar refractivity (Wildman–Crippen MR) is 108 cm³/mol. The standard InChI is InChI=1S/C22H27N3O2/c1-17(2)18-8-10-20(11-9-18)23-22(27)21(19-6-4-3-5-7-19)25-14-12-24(16-26)13-15-25/h3-11,16-17,21H,12-15H2,1-2H3,(H,23,27)/t21-/m0/s1. The summed E-state index contributed by atoms with van der Waals surface area (Å²) in [5, 5.41) is 3.07. The minimum absolute atomic E-state index is 0.0435. The molecule has 0 spiro atoms. The number of piperazine rings is 1.